The molecule has 100 valence electrons. The summed E-state index contributed by atoms with van der Waals surface area (Å²) in [6.45, 7) is 6.88. The van der Waals surface area contributed by atoms with E-state index in [-0.39, 0.29) is 0 Å². The molecule has 18 heavy (non-hydrogen) atoms. The Morgan fingerprint density at radius 2 is 2.00 bits per heavy atom. The third-order valence-electron chi connectivity index (χ3n) is 3.67. The second kappa shape index (κ2) is 7.27. The van der Waals surface area contributed by atoms with E-state index in [1.165, 1.54) is 48.9 Å². The standard InChI is InChI=1S/C15H23BrN2/c1-2-11-18(14-7-9-17-10-8-14)12-13-5-3-4-6-15(13)16/h3-6,14,17H,2,7-12H2,1H3. The highest BCUT2D eigenvalue weighted by molar-refractivity contribution is 9.10. The molecule has 1 aromatic rings. The second-order valence-electron chi connectivity index (χ2n) is 5.04. The quantitative estimate of drug-likeness (QED) is 0.896. The summed E-state index contributed by atoms with van der Waals surface area (Å²) in [5, 5.41) is 3.45. The summed E-state index contributed by atoms with van der Waals surface area (Å²) in [6.07, 6.45) is 3.79. The minimum absolute atomic E-state index is 0.748. The molecular weight excluding hydrogens is 288 g/mol. The van der Waals surface area contributed by atoms with Gasteiger partial charge in [0.1, 0.15) is 0 Å². The predicted molar refractivity (Wildman–Crippen MR) is 80.7 cm³/mol. The highest BCUT2D eigenvalue weighted by atomic mass is 79.9. The molecule has 2 rings (SSSR count). The van der Waals surface area contributed by atoms with E-state index in [9.17, 15) is 0 Å². The van der Waals surface area contributed by atoms with Crippen molar-refractivity contribution in [3.63, 3.8) is 0 Å². The van der Waals surface area contributed by atoms with E-state index in [2.05, 4.69) is 57.3 Å². The van der Waals surface area contributed by atoms with Crippen molar-refractivity contribution in [1.82, 2.24) is 10.2 Å². The van der Waals surface area contributed by atoms with Gasteiger partial charge in [0.25, 0.3) is 0 Å². The fourth-order valence-electron chi connectivity index (χ4n) is 2.70. The van der Waals surface area contributed by atoms with Gasteiger partial charge in [0.05, 0.1) is 0 Å². The summed E-state index contributed by atoms with van der Waals surface area (Å²) in [6, 6.07) is 9.34. The first kappa shape index (κ1) is 14.0. The average molecular weight is 311 g/mol. The topological polar surface area (TPSA) is 15.3 Å². The van der Waals surface area contributed by atoms with Gasteiger partial charge in [0.2, 0.25) is 0 Å². The first-order chi connectivity index (χ1) is 8.81. The highest BCUT2D eigenvalue weighted by Gasteiger charge is 2.20. The Labute approximate surface area is 119 Å². The molecule has 0 saturated carbocycles. The summed E-state index contributed by atoms with van der Waals surface area (Å²) < 4.78 is 1.24. The first-order valence-corrected chi connectivity index (χ1v) is 7.78. The third-order valence-corrected chi connectivity index (χ3v) is 4.44. The number of piperidine rings is 1. The van der Waals surface area contributed by atoms with Gasteiger partial charge in [0.15, 0.2) is 0 Å². The Bertz CT molecular complexity index is 361. The van der Waals surface area contributed by atoms with Crippen molar-refractivity contribution < 1.29 is 0 Å². The lowest BCUT2D eigenvalue weighted by Gasteiger charge is -2.34. The van der Waals surface area contributed by atoms with Gasteiger partial charge < -0.3 is 5.32 Å². The summed E-state index contributed by atoms with van der Waals surface area (Å²) in [5.74, 6) is 0. The lowest BCUT2D eigenvalue weighted by atomic mass is 10.0. The van der Waals surface area contributed by atoms with Crippen LogP contribution in [0.2, 0.25) is 0 Å². The van der Waals surface area contributed by atoms with Crippen LogP contribution in [0.4, 0.5) is 0 Å². The van der Waals surface area contributed by atoms with Crippen LogP contribution >= 0.6 is 15.9 Å². The Kier molecular flexibility index (Phi) is 5.67. The SMILES string of the molecule is CCCN(Cc1ccccc1Br)C1CCNCC1. The summed E-state index contributed by atoms with van der Waals surface area (Å²) in [4.78, 5) is 2.65. The highest BCUT2D eigenvalue weighted by Crippen LogP contribution is 2.21. The molecule has 1 N–H and O–H groups in total. The molecule has 1 saturated heterocycles. The van der Waals surface area contributed by atoms with E-state index in [1.54, 1.807) is 0 Å². The first-order valence-electron chi connectivity index (χ1n) is 6.99. The molecule has 0 aromatic heterocycles. The van der Waals surface area contributed by atoms with Crippen LogP contribution in [0.1, 0.15) is 31.7 Å². The molecule has 1 fully saturated rings. The second-order valence-corrected chi connectivity index (χ2v) is 5.90. The number of nitrogens with one attached hydrogen (secondary N) is 1. The smallest absolute Gasteiger partial charge is 0.0247 e. The van der Waals surface area contributed by atoms with Gasteiger partial charge in [-0.25, -0.2) is 0 Å². The molecule has 2 nitrogen and oxygen atoms in total. The molecule has 0 bridgehead atoms. The number of hydrogen-bond acceptors (Lipinski definition) is 2. The van der Waals surface area contributed by atoms with Crippen LogP contribution in [0, 0.1) is 0 Å². The molecule has 1 aliphatic rings. The number of rotatable bonds is 5. The molecule has 0 amide bonds. The van der Waals surface area contributed by atoms with Crippen molar-refractivity contribution in [1.29, 1.82) is 0 Å². The van der Waals surface area contributed by atoms with Crippen molar-refractivity contribution in [2.75, 3.05) is 19.6 Å². The maximum atomic E-state index is 3.66. The van der Waals surface area contributed by atoms with Crippen LogP contribution in [0.3, 0.4) is 0 Å². The van der Waals surface area contributed by atoms with Crippen LogP contribution < -0.4 is 5.32 Å². The average Bonchev–Trinajstić information content (AvgIpc) is 2.42. The maximum Gasteiger partial charge on any atom is 0.0247 e. The van der Waals surface area contributed by atoms with E-state index in [1.807, 2.05) is 0 Å². The van der Waals surface area contributed by atoms with E-state index in [0.29, 0.717) is 0 Å². The van der Waals surface area contributed by atoms with Crippen molar-refractivity contribution >= 4 is 15.9 Å². The van der Waals surface area contributed by atoms with Crippen LogP contribution in [-0.4, -0.2) is 30.6 Å². The molecule has 3 heteroatoms. The maximum absolute atomic E-state index is 3.66. The number of nitrogens with zero attached hydrogens (tertiary/aromatic N) is 1. The van der Waals surface area contributed by atoms with Gasteiger partial charge in [-0.05, 0) is 50.5 Å². The lowest BCUT2D eigenvalue weighted by molar-refractivity contribution is 0.154. The molecule has 0 spiro atoms. The van der Waals surface area contributed by atoms with Gasteiger partial charge >= 0.3 is 0 Å². The van der Waals surface area contributed by atoms with Crippen molar-refractivity contribution in [3.8, 4) is 0 Å². The normalized spacial score (nSPS) is 17.3. The zero-order valence-electron chi connectivity index (χ0n) is 11.2. The summed E-state index contributed by atoms with van der Waals surface area (Å²) in [5.41, 5.74) is 1.41. The van der Waals surface area contributed by atoms with Crippen LogP contribution in [0.15, 0.2) is 28.7 Å². The van der Waals surface area contributed by atoms with Crippen LogP contribution in [0.5, 0.6) is 0 Å². The zero-order chi connectivity index (χ0) is 12.8. The largest absolute Gasteiger partial charge is 0.317 e. The lowest BCUT2D eigenvalue weighted by Crippen LogP contribution is -2.43. The molecule has 0 radical (unpaired) electrons. The fourth-order valence-corrected chi connectivity index (χ4v) is 3.11. The van der Waals surface area contributed by atoms with E-state index in [0.717, 1.165) is 12.6 Å². The van der Waals surface area contributed by atoms with Crippen LogP contribution in [0.25, 0.3) is 0 Å². The Morgan fingerprint density at radius 1 is 1.28 bits per heavy atom. The van der Waals surface area contributed by atoms with E-state index >= 15 is 0 Å². The molecular formula is C15H23BrN2. The molecule has 0 aliphatic carbocycles. The molecule has 1 aliphatic heterocycles. The Morgan fingerprint density at radius 3 is 2.67 bits per heavy atom. The van der Waals surface area contributed by atoms with E-state index < -0.39 is 0 Å². The molecule has 1 heterocycles. The number of hydrogen-bond donors (Lipinski definition) is 1. The van der Waals surface area contributed by atoms with Gasteiger partial charge in [-0.15, -0.1) is 0 Å². The Hall–Kier alpha value is -0.380. The van der Waals surface area contributed by atoms with Gasteiger partial charge in [-0.2, -0.15) is 0 Å². The van der Waals surface area contributed by atoms with Gasteiger partial charge in [0, 0.05) is 17.1 Å². The van der Waals surface area contributed by atoms with Gasteiger partial charge in [-0.3, -0.25) is 4.90 Å². The van der Waals surface area contributed by atoms with Crippen molar-refractivity contribution in [2.24, 2.45) is 0 Å². The van der Waals surface area contributed by atoms with Crippen molar-refractivity contribution in [3.05, 3.63) is 34.3 Å². The predicted octanol–water partition coefficient (Wildman–Crippen LogP) is 3.41. The van der Waals surface area contributed by atoms with Crippen LogP contribution in [-0.2, 0) is 6.54 Å². The zero-order valence-corrected chi connectivity index (χ0v) is 12.7. The summed E-state index contributed by atoms with van der Waals surface area (Å²) in [7, 11) is 0. The third kappa shape index (κ3) is 3.81. The summed E-state index contributed by atoms with van der Waals surface area (Å²) >= 11 is 3.66. The number of halogens is 1. The molecule has 0 unspecified atom stereocenters. The number of benzene rings is 1. The fraction of sp³-hybridized carbons (Fsp3) is 0.600. The monoisotopic (exact) mass is 310 g/mol. The minimum Gasteiger partial charge on any atom is -0.317 e. The van der Waals surface area contributed by atoms with Crippen molar-refractivity contribution in [2.45, 2.75) is 38.8 Å². The minimum atomic E-state index is 0.748. The Balaban J connectivity index is 2.03. The molecule has 0 atom stereocenters. The van der Waals surface area contributed by atoms with E-state index in [4.69, 9.17) is 0 Å². The van der Waals surface area contributed by atoms with Gasteiger partial charge in [-0.1, -0.05) is 41.1 Å². The molecule has 1 aromatic carbocycles.